The second kappa shape index (κ2) is 8.39. The van der Waals surface area contributed by atoms with Gasteiger partial charge in [0.2, 0.25) is 5.78 Å². The van der Waals surface area contributed by atoms with Crippen molar-refractivity contribution >= 4 is 17.5 Å². The van der Waals surface area contributed by atoms with Crippen LogP contribution < -0.4 is 0 Å². The second-order valence-corrected chi connectivity index (χ2v) is 11.3. The smallest absolute Gasteiger partial charge is 0.374 e. The van der Waals surface area contributed by atoms with E-state index < -0.39 is 5.97 Å². The Morgan fingerprint density at radius 1 is 1.00 bits per heavy atom. The lowest BCUT2D eigenvalue weighted by atomic mass is 9.45. The number of carbonyl (C=O) groups is 3. The van der Waals surface area contributed by atoms with Gasteiger partial charge in [0, 0.05) is 18.3 Å². The number of ether oxygens (including phenoxy) is 1. The molecule has 0 heterocycles. The number of unbranched alkanes of at least 4 members (excludes halogenated alkanes) is 2. The highest BCUT2D eigenvalue weighted by Gasteiger charge is 2.60. The molecule has 168 valence electrons. The Morgan fingerprint density at radius 3 is 2.57 bits per heavy atom. The normalized spacial score (nSPS) is 42.8. The zero-order chi connectivity index (χ0) is 21.5. The third kappa shape index (κ3) is 3.66. The molecule has 4 aliphatic rings. The highest BCUT2D eigenvalue weighted by molar-refractivity contribution is 6.33. The molecule has 0 bridgehead atoms. The van der Waals surface area contributed by atoms with E-state index in [1.807, 2.05) is 0 Å². The maximum atomic E-state index is 12.6. The third-order valence-corrected chi connectivity index (χ3v) is 9.84. The highest BCUT2D eigenvalue weighted by atomic mass is 16.5. The zero-order valence-electron chi connectivity index (χ0n) is 19.2. The minimum absolute atomic E-state index is 0.0603. The highest BCUT2D eigenvalue weighted by Crippen LogP contribution is 2.65. The first-order chi connectivity index (χ1) is 14.3. The van der Waals surface area contributed by atoms with Crippen molar-refractivity contribution in [3.63, 3.8) is 0 Å². The van der Waals surface area contributed by atoms with Crippen LogP contribution in [0, 0.1) is 34.5 Å². The first-order valence-corrected chi connectivity index (χ1v) is 12.6. The zero-order valence-corrected chi connectivity index (χ0v) is 19.2. The molecule has 0 spiro atoms. The van der Waals surface area contributed by atoms with Crippen molar-refractivity contribution in [2.24, 2.45) is 34.5 Å². The summed E-state index contributed by atoms with van der Waals surface area (Å²) in [5.41, 5.74) is 0.235. The molecular formula is C26H40O4. The predicted molar refractivity (Wildman–Crippen MR) is 116 cm³/mol. The third-order valence-electron chi connectivity index (χ3n) is 9.84. The van der Waals surface area contributed by atoms with Gasteiger partial charge in [-0.05, 0) is 86.9 Å². The van der Waals surface area contributed by atoms with Crippen molar-refractivity contribution in [3.8, 4) is 0 Å². The summed E-state index contributed by atoms with van der Waals surface area (Å²) >= 11 is 0. The molecule has 0 radical (unpaired) electrons. The molecule has 30 heavy (non-hydrogen) atoms. The van der Waals surface area contributed by atoms with Gasteiger partial charge >= 0.3 is 5.97 Å². The van der Waals surface area contributed by atoms with Gasteiger partial charge in [0.15, 0.2) is 0 Å². The van der Waals surface area contributed by atoms with Crippen LogP contribution in [-0.4, -0.2) is 23.6 Å². The van der Waals surface area contributed by atoms with Gasteiger partial charge in [0.1, 0.15) is 11.9 Å². The van der Waals surface area contributed by atoms with Crippen LogP contribution in [0.1, 0.15) is 104 Å². The van der Waals surface area contributed by atoms with Gasteiger partial charge in [0.05, 0.1) is 0 Å². The molecule has 4 rings (SSSR count). The van der Waals surface area contributed by atoms with Crippen molar-refractivity contribution in [2.75, 3.05) is 0 Å². The van der Waals surface area contributed by atoms with Crippen molar-refractivity contribution in [2.45, 2.75) is 110 Å². The Balaban J connectivity index is 1.37. The van der Waals surface area contributed by atoms with Crippen LogP contribution in [0.4, 0.5) is 0 Å². The number of hydrogen-bond donors (Lipinski definition) is 0. The fourth-order valence-corrected chi connectivity index (χ4v) is 7.95. The summed E-state index contributed by atoms with van der Waals surface area (Å²) in [6, 6.07) is 0. The SMILES string of the molecule is CCCCCC(=O)C(=O)O[C@@H]1CC[C@@]2(C)[C@@H](CC[C@@H]3[C@@H]2CC[C@]2(C)C(=O)CC[C@@H]32)C1. The molecule has 0 amide bonds. The molecule has 0 aromatic rings. The monoisotopic (exact) mass is 416 g/mol. The molecule has 0 unspecified atom stereocenters. The van der Waals surface area contributed by atoms with E-state index in [2.05, 4.69) is 20.8 Å². The van der Waals surface area contributed by atoms with Gasteiger partial charge in [-0.15, -0.1) is 0 Å². The standard InChI is InChI=1S/C26H40O4/c1-4-5-6-7-22(27)24(29)30-18-12-14-25(2)17(16-18)8-9-19-20-10-11-23(28)26(20,3)15-13-21(19)25/h17-21H,4-16H2,1-3H3/t17-,18+,19-,20-,21-,25-,26-/m0/s1. The largest absolute Gasteiger partial charge is 0.457 e. The minimum atomic E-state index is -0.605. The lowest BCUT2D eigenvalue weighted by molar-refractivity contribution is -0.167. The molecule has 4 aliphatic carbocycles. The number of esters is 1. The van der Waals surface area contributed by atoms with Gasteiger partial charge < -0.3 is 4.74 Å². The van der Waals surface area contributed by atoms with Crippen molar-refractivity contribution in [3.05, 3.63) is 0 Å². The van der Waals surface area contributed by atoms with Gasteiger partial charge in [0.25, 0.3) is 0 Å². The van der Waals surface area contributed by atoms with Gasteiger partial charge in [-0.2, -0.15) is 0 Å². The Hall–Kier alpha value is -1.19. The van der Waals surface area contributed by atoms with Crippen LogP contribution in [0.2, 0.25) is 0 Å². The van der Waals surface area contributed by atoms with Crippen LogP contribution in [0.5, 0.6) is 0 Å². The summed E-state index contributed by atoms with van der Waals surface area (Å²) in [7, 11) is 0. The quantitative estimate of drug-likeness (QED) is 0.318. The maximum absolute atomic E-state index is 12.6. The van der Waals surface area contributed by atoms with Crippen LogP contribution in [0.15, 0.2) is 0 Å². The fraction of sp³-hybridized carbons (Fsp3) is 0.885. The van der Waals surface area contributed by atoms with E-state index in [1.54, 1.807) is 0 Å². The van der Waals surface area contributed by atoms with Crippen molar-refractivity contribution in [1.29, 1.82) is 0 Å². The van der Waals surface area contributed by atoms with Gasteiger partial charge in [-0.1, -0.05) is 33.6 Å². The Morgan fingerprint density at radius 2 is 1.80 bits per heavy atom. The first kappa shape index (κ1) is 22.0. The topological polar surface area (TPSA) is 60.4 Å². The van der Waals surface area contributed by atoms with Crippen molar-refractivity contribution < 1.29 is 19.1 Å². The van der Waals surface area contributed by atoms with Gasteiger partial charge in [-0.3, -0.25) is 9.59 Å². The number of ketones is 2. The summed E-state index contributed by atoms with van der Waals surface area (Å²) in [4.78, 5) is 36.9. The van der Waals surface area contributed by atoms with Crippen molar-refractivity contribution in [1.82, 2.24) is 0 Å². The Labute approximate surface area is 181 Å². The molecule has 4 heteroatoms. The molecule has 4 fully saturated rings. The van der Waals surface area contributed by atoms with Crippen LogP contribution in [0.3, 0.4) is 0 Å². The van der Waals surface area contributed by atoms with Crippen LogP contribution in [-0.2, 0) is 19.1 Å². The Kier molecular flexibility index (Phi) is 6.16. The molecule has 0 aromatic heterocycles. The van der Waals surface area contributed by atoms with E-state index in [0.29, 0.717) is 41.3 Å². The second-order valence-electron chi connectivity index (χ2n) is 11.3. The van der Waals surface area contributed by atoms with E-state index in [0.717, 1.165) is 57.8 Å². The first-order valence-electron chi connectivity index (χ1n) is 12.6. The number of rotatable bonds is 6. The molecular weight excluding hydrogens is 376 g/mol. The van der Waals surface area contributed by atoms with E-state index in [4.69, 9.17) is 4.74 Å². The maximum Gasteiger partial charge on any atom is 0.374 e. The number of carbonyl (C=O) groups excluding carboxylic acids is 3. The van der Waals surface area contributed by atoms with Gasteiger partial charge in [-0.25, -0.2) is 4.79 Å². The molecule has 7 atom stereocenters. The lowest BCUT2D eigenvalue weighted by Crippen LogP contribution is -2.54. The minimum Gasteiger partial charge on any atom is -0.457 e. The molecule has 0 saturated heterocycles. The van der Waals surface area contributed by atoms with Crippen LogP contribution >= 0.6 is 0 Å². The lowest BCUT2D eigenvalue weighted by Gasteiger charge is -2.60. The summed E-state index contributed by atoms with van der Waals surface area (Å²) in [6.45, 7) is 6.81. The molecule has 0 aliphatic heterocycles. The fourth-order valence-electron chi connectivity index (χ4n) is 7.95. The van der Waals surface area contributed by atoms with E-state index in [-0.39, 0.29) is 17.3 Å². The summed E-state index contributed by atoms with van der Waals surface area (Å²) < 4.78 is 5.68. The average Bonchev–Trinajstić information content (AvgIpc) is 3.03. The number of fused-ring (bicyclic) bond motifs is 5. The van der Waals surface area contributed by atoms with Crippen LogP contribution in [0.25, 0.3) is 0 Å². The predicted octanol–water partition coefficient (Wildman–Crippen LogP) is 5.66. The summed E-state index contributed by atoms with van der Waals surface area (Å²) in [5.74, 6) is 2.10. The molecule has 0 aromatic carbocycles. The number of Topliss-reactive ketones (excluding diaryl/α,β-unsaturated/α-hetero) is 2. The van der Waals surface area contributed by atoms with E-state index >= 15 is 0 Å². The Bertz CT molecular complexity index is 699. The van der Waals surface area contributed by atoms with E-state index in [9.17, 15) is 14.4 Å². The van der Waals surface area contributed by atoms with E-state index in [1.165, 1.54) is 19.3 Å². The molecule has 4 nitrogen and oxygen atoms in total. The molecule has 0 N–H and O–H groups in total. The number of hydrogen-bond acceptors (Lipinski definition) is 4. The average molecular weight is 417 g/mol. The molecule has 4 saturated carbocycles. The summed E-state index contributed by atoms with van der Waals surface area (Å²) in [6.07, 6.45) is 12.4. The summed E-state index contributed by atoms with van der Waals surface area (Å²) in [5, 5.41) is 0.